The Morgan fingerprint density at radius 1 is 1.04 bits per heavy atom. The molecule has 2 amide bonds. The fraction of sp³-hybridized carbons (Fsp3) is 0.263. The highest BCUT2D eigenvalue weighted by molar-refractivity contribution is 7.92. The van der Waals surface area contributed by atoms with Crippen molar-refractivity contribution in [2.45, 2.75) is 26.3 Å². The molecule has 7 nitrogen and oxygen atoms in total. The van der Waals surface area contributed by atoms with Gasteiger partial charge in [0, 0.05) is 17.3 Å². The lowest BCUT2D eigenvalue weighted by Gasteiger charge is -2.15. The minimum absolute atomic E-state index is 0.0139. The number of amides is 2. The van der Waals surface area contributed by atoms with Gasteiger partial charge in [0.15, 0.2) is 0 Å². The summed E-state index contributed by atoms with van der Waals surface area (Å²) in [6, 6.07) is 12.8. The fourth-order valence-corrected chi connectivity index (χ4v) is 2.88. The van der Waals surface area contributed by atoms with Crippen LogP contribution in [0.25, 0.3) is 0 Å². The van der Waals surface area contributed by atoms with Crippen molar-refractivity contribution < 1.29 is 18.0 Å². The Hall–Kier alpha value is -2.87. The predicted molar refractivity (Wildman–Crippen MR) is 107 cm³/mol. The first-order chi connectivity index (χ1) is 12.7. The van der Waals surface area contributed by atoms with Gasteiger partial charge in [0.25, 0.3) is 11.8 Å². The summed E-state index contributed by atoms with van der Waals surface area (Å²) in [7, 11) is -3.45. The van der Waals surface area contributed by atoms with Crippen LogP contribution in [0.5, 0.6) is 0 Å². The van der Waals surface area contributed by atoms with Crippen LogP contribution in [0.4, 0.5) is 11.4 Å². The summed E-state index contributed by atoms with van der Waals surface area (Å²) in [4.78, 5) is 25.0. The number of sulfonamides is 1. The van der Waals surface area contributed by atoms with E-state index in [1.54, 1.807) is 42.5 Å². The van der Waals surface area contributed by atoms with Crippen LogP contribution in [0.1, 0.15) is 41.0 Å². The first-order valence-electron chi connectivity index (χ1n) is 8.48. The van der Waals surface area contributed by atoms with Gasteiger partial charge in [-0.15, -0.1) is 0 Å². The van der Waals surface area contributed by atoms with Crippen LogP contribution in [-0.2, 0) is 10.0 Å². The molecule has 0 aliphatic heterocycles. The van der Waals surface area contributed by atoms with Crippen LogP contribution in [0.15, 0.2) is 48.5 Å². The summed E-state index contributed by atoms with van der Waals surface area (Å²) in [5.74, 6) is -0.719. The topological polar surface area (TPSA) is 104 Å². The molecule has 0 aliphatic rings. The second-order valence-corrected chi connectivity index (χ2v) is 7.99. The largest absolute Gasteiger partial charge is 0.350 e. The molecule has 144 valence electrons. The molecule has 2 aromatic rings. The lowest BCUT2D eigenvalue weighted by Crippen LogP contribution is -2.32. The molecule has 2 aromatic carbocycles. The second kappa shape index (κ2) is 8.68. The maximum absolute atomic E-state index is 12.6. The molecule has 0 unspecified atom stereocenters. The number of para-hydroxylation sites is 1. The third-order valence-electron chi connectivity index (χ3n) is 3.84. The Labute approximate surface area is 159 Å². The van der Waals surface area contributed by atoms with Crippen molar-refractivity contribution in [2.24, 2.45) is 0 Å². The summed E-state index contributed by atoms with van der Waals surface area (Å²) < 4.78 is 25.0. The van der Waals surface area contributed by atoms with Gasteiger partial charge in [-0.25, -0.2) is 8.42 Å². The third-order valence-corrected chi connectivity index (χ3v) is 4.44. The lowest BCUT2D eigenvalue weighted by molar-refractivity contribution is 0.0940. The van der Waals surface area contributed by atoms with Crippen LogP contribution in [0.2, 0.25) is 0 Å². The smallest absolute Gasteiger partial charge is 0.255 e. The molecule has 0 saturated heterocycles. The van der Waals surface area contributed by atoms with E-state index in [1.165, 1.54) is 6.07 Å². The van der Waals surface area contributed by atoms with E-state index in [0.717, 1.165) is 12.7 Å². The summed E-state index contributed by atoms with van der Waals surface area (Å²) in [5.41, 5.74) is 1.29. The molecule has 27 heavy (non-hydrogen) atoms. The van der Waals surface area contributed by atoms with E-state index < -0.39 is 15.9 Å². The zero-order valence-corrected chi connectivity index (χ0v) is 16.3. The lowest BCUT2D eigenvalue weighted by atomic mass is 10.1. The third kappa shape index (κ3) is 6.10. The van der Waals surface area contributed by atoms with Gasteiger partial charge >= 0.3 is 0 Å². The SMILES string of the molecule is CC[C@H](C)NC(=O)c1ccccc1NC(=O)c1cccc(NS(C)(=O)=O)c1. The van der Waals surface area contributed by atoms with Crippen molar-refractivity contribution in [3.63, 3.8) is 0 Å². The normalized spacial score (nSPS) is 12.1. The Morgan fingerprint density at radius 2 is 1.74 bits per heavy atom. The number of hydrogen-bond acceptors (Lipinski definition) is 4. The van der Waals surface area contributed by atoms with Crippen molar-refractivity contribution in [1.82, 2.24) is 5.32 Å². The Balaban J connectivity index is 2.21. The number of nitrogens with one attached hydrogen (secondary N) is 3. The highest BCUT2D eigenvalue weighted by Crippen LogP contribution is 2.18. The van der Waals surface area contributed by atoms with Gasteiger partial charge in [0.05, 0.1) is 17.5 Å². The van der Waals surface area contributed by atoms with Gasteiger partial charge in [-0.05, 0) is 43.7 Å². The minimum Gasteiger partial charge on any atom is -0.350 e. The quantitative estimate of drug-likeness (QED) is 0.677. The summed E-state index contributed by atoms with van der Waals surface area (Å²) >= 11 is 0. The highest BCUT2D eigenvalue weighted by Gasteiger charge is 2.15. The molecular weight excluding hydrogens is 366 g/mol. The molecule has 8 heteroatoms. The molecule has 0 bridgehead atoms. The van der Waals surface area contributed by atoms with Gasteiger partial charge in [0.1, 0.15) is 0 Å². The number of hydrogen-bond donors (Lipinski definition) is 3. The molecule has 0 fully saturated rings. The zero-order valence-electron chi connectivity index (χ0n) is 15.4. The molecule has 0 radical (unpaired) electrons. The molecule has 0 saturated carbocycles. The first-order valence-corrected chi connectivity index (χ1v) is 10.4. The zero-order chi connectivity index (χ0) is 20.0. The number of carbonyl (C=O) groups is 2. The van der Waals surface area contributed by atoms with Crippen molar-refractivity contribution in [3.05, 3.63) is 59.7 Å². The van der Waals surface area contributed by atoms with E-state index >= 15 is 0 Å². The molecule has 0 heterocycles. The molecule has 0 aliphatic carbocycles. The van der Waals surface area contributed by atoms with Crippen LogP contribution < -0.4 is 15.4 Å². The Bertz CT molecular complexity index is 941. The van der Waals surface area contributed by atoms with E-state index in [1.807, 2.05) is 13.8 Å². The standard InChI is InChI=1S/C19H23N3O4S/c1-4-13(2)20-19(24)16-10-5-6-11-17(16)21-18(23)14-8-7-9-15(12-14)22-27(3,25)26/h5-13,22H,4H2,1-3H3,(H,20,24)(H,21,23)/t13-/m0/s1. The van der Waals surface area contributed by atoms with Crippen LogP contribution in [-0.4, -0.2) is 32.5 Å². The van der Waals surface area contributed by atoms with E-state index in [-0.39, 0.29) is 23.2 Å². The monoisotopic (exact) mass is 389 g/mol. The van der Waals surface area contributed by atoms with Gasteiger partial charge in [0.2, 0.25) is 10.0 Å². The van der Waals surface area contributed by atoms with Crippen LogP contribution >= 0.6 is 0 Å². The van der Waals surface area contributed by atoms with Gasteiger partial charge in [-0.3, -0.25) is 14.3 Å². The molecule has 0 aromatic heterocycles. The molecular formula is C19H23N3O4S. The van der Waals surface area contributed by atoms with Crippen molar-refractivity contribution >= 4 is 33.2 Å². The van der Waals surface area contributed by atoms with E-state index in [4.69, 9.17) is 0 Å². The average molecular weight is 389 g/mol. The molecule has 1 atom stereocenters. The molecule has 3 N–H and O–H groups in total. The predicted octanol–water partition coefficient (Wildman–Crippen LogP) is 2.84. The van der Waals surface area contributed by atoms with Gasteiger partial charge in [-0.1, -0.05) is 25.1 Å². The average Bonchev–Trinajstić information content (AvgIpc) is 2.60. The van der Waals surface area contributed by atoms with Crippen LogP contribution in [0.3, 0.4) is 0 Å². The van der Waals surface area contributed by atoms with Crippen molar-refractivity contribution in [3.8, 4) is 0 Å². The van der Waals surface area contributed by atoms with E-state index in [9.17, 15) is 18.0 Å². The first kappa shape index (κ1) is 20.4. The highest BCUT2D eigenvalue weighted by atomic mass is 32.2. The Kier molecular flexibility index (Phi) is 6.57. The van der Waals surface area contributed by atoms with Gasteiger partial charge in [-0.2, -0.15) is 0 Å². The number of benzene rings is 2. The number of anilines is 2. The second-order valence-electron chi connectivity index (χ2n) is 6.24. The Morgan fingerprint density at radius 3 is 2.41 bits per heavy atom. The van der Waals surface area contributed by atoms with Crippen molar-refractivity contribution in [1.29, 1.82) is 0 Å². The summed E-state index contributed by atoms with van der Waals surface area (Å²) in [6.07, 6.45) is 1.83. The summed E-state index contributed by atoms with van der Waals surface area (Å²) in [6.45, 7) is 3.87. The van der Waals surface area contributed by atoms with Gasteiger partial charge < -0.3 is 10.6 Å². The maximum Gasteiger partial charge on any atom is 0.255 e. The minimum atomic E-state index is -3.45. The number of rotatable bonds is 7. The van der Waals surface area contributed by atoms with E-state index in [2.05, 4.69) is 15.4 Å². The molecule has 2 rings (SSSR count). The maximum atomic E-state index is 12.6. The van der Waals surface area contributed by atoms with Crippen molar-refractivity contribution in [2.75, 3.05) is 16.3 Å². The number of carbonyl (C=O) groups excluding carboxylic acids is 2. The molecule has 0 spiro atoms. The fourth-order valence-electron chi connectivity index (χ4n) is 2.33. The van der Waals surface area contributed by atoms with Crippen LogP contribution in [0, 0.1) is 0 Å². The van der Waals surface area contributed by atoms with E-state index in [0.29, 0.717) is 11.3 Å². The summed E-state index contributed by atoms with van der Waals surface area (Å²) in [5, 5.41) is 5.58.